The fraction of sp³-hybridized carbons (Fsp3) is 0.684. The number of rotatable bonds is 7. The standard InChI is InChI=1S/C19H31N/c1-3-20(4-2)16-15-19(17-11-7-5-8-12-17)18-13-9-6-10-14-18/h5,7-8,11-12,18-19H,3-4,6,9-10,13-16H2,1-2H3/p+1/t19-/m1/s1. The van der Waals surface area contributed by atoms with Crippen LogP contribution in [-0.2, 0) is 0 Å². The van der Waals surface area contributed by atoms with Crippen molar-refractivity contribution in [1.82, 2.24) is 0 Å². The van der Waals surface area contributed by atoms with Crippen molar-refractivity contribution in [2.75, 3.05) is 19.6 Å². The van der Waals surface area contributed by atoms with E-state index in [1.165, 1.54) is 58.2 Å². The van der Waals surface area contributed by atoms with E-state index in [2.05, 4.69) is 44.2 Å². The van der Waals surface area contributed by atoms with E-state index in [-0.39, 0.29) is 0 Å². The minimum absolute atomic E-state index is 0.796. The van der Waals surface area contributed by atoms with Crippen LogP contribution >= 0.6 is 0 Å². The summed E-state index contributed by atoms with van der Waals surface area (Å²) in [5.74, 6) is 1.73. The molecule has 0 heterocycles. The summed E-state index contributed by atoms with van der Waals surface area (Å²) in [6, 6.07) is 11.3. The molecule has 0 unspecified atom stereocenters. The summed E-state index contributed by atoms with van der Waals surface area (Å²) in [6.07, 6.45) is 8.63. The van der Waals surface area contributed by atoms with Crippen molar-refractivity contribution in [2.45, 2.75) is 58.3 Å². The Morgan fingerprint density at radius 1 is 1.00 bits per heavy atom. The second-order valence-corrected chi connectivity index (χ2v) is 6.41. The molecule has 112 valence electrons. The monoisotopic (exact) mass is 274 g/mol. The highest BCUT2D eigenvalue weighted by Crippen LogP contribution is 2.37. The molecule has 1 aromatic rings. The van der Waals surface area contributed by atoms with Gasteiger partial charge >= 0.3 is 0 Å². The van der Waals surface area contributed by atoms with Gasteiger partial charge in [-0.05, 0) is 44.1 Å². The lowest BCUT2D eigenvalue weighted by atomic mass is 9.75. The van der Waals surface area contributed by atoms with Crippen LogP contribution in [0.15, 0.2) is 30.3 Å². The van der Waals surface area contributed by atoms with Crippen LogP contribution < -0.4 is 4.90 Å². The zero-order valence-electron chi connectivity index (χ0n) is 13.4. The van der Waals surface area contributed by atoms with Gasteiger partial charge in [-0.15, -0.1) is 0 Å². The Balaban J connectivity index is 2.03. The maximum atomic E-state index is 2.36. The molecule has 0 radical (unpaired) electrons. The third kappa shape index (κ3) is 4.34. The Hall–Kier alpha value is -0.820. The summed E-state index contributed by atoms with van der Waals surface area (Å²) >= 11 is 0. The SMILES string of the molecule is CC[NH+](CC)CC[C@H](c1ccccc1)C1CCCCC1. The second kappa shape index (κ2) is 8.46. The minimum Gasteiger partial charge on any atom is -0.335 e. The molecule has 1 saturated carbocycles. The molecule has 0 saturated heterocycles. The molecule has 1 heteroatoms. The Kier molecular flexibility index (Phi) is 6.59. The van der Waals surface area contributed by atoms with Gasteiger partial charge in [-0.25, -0.2) is 0 Å². The highest BCUT2D eigenvalue weighted by Gasteiger charge is 2.25. The molecule has 20 heavy (non-hydrogen) atoms. The molecule has 0 bridgehead atoms. The van der Waals surface area contributed by atoms with E-state index in [1.807, 2.05) is 0 Å². The minimum atomic E-state index is 0.796. The molecule has 1 nitrogen and oxygen atoms in total. The van der Waals surface area contributed by atoms with E-state index in [9.17, 15) is 0 Å². The van der Waals surface area contributed by atoms with Gasteiger partial charge in [0.1, 0.15) is 0 Å². The van der Waals surface area contributed by atoms with Crippen LogP contribution in [-0.4, -0.2) is 19.6 Å². The van der Waals surface area contributed by atoms with Crippen LogP contribution in [0.25, 0.3) is 0 Å². The number of hydrogen-bond donors (Lipinski definition) is 1. The van der Waals surface area contributed by atoms with Crippen LogP contribution in [0.2, 0.25) is 0 Å². The molecule has 0 aromatic heterocycles. The number of nitrogens with one attached hydrogen (secondary N) is 1. The molecule has 1 atom stereocenters. The van der Waals surface area contributed by atoms with Gasteiger partial charge in [-0.2, -0.15) is 0 Å². The summed E-state index contributed by atoms with van der Waals surface area (Å²) in [5, 5.41) is 0. The summed E-state index contributed by atoms with van der Waals surface area (Å²) in [5.41, 5.74) is 1.59. The van der Waals surface area contributed by atoms with Crippen LogP contribution in [0.4, 0.5) is 0 Å². The first-order valence-corrected chi connectivity index (χ1v) is 8.73. The van der Waals surface area contributed by atoms with Gasteiger partial charge in [0, 0.05) is 6.42 Å². The molecule has 0 aliphatic heterocycles. The van der Waals surface area contributed by atoms with E-state index >= 15 is 0 Å². The van der Waals surface area contributed by atoms with Gasteiger partial charge in [-0.3, -0.25) is 0 Å². The fourth-order valence-electron chi connectivity index (χ4n) is 3.87. The maximum Gasteiger partial charge on any atom is 0.0776 e. The zero-order valence-corrected chi connectivity index (χ0v) is 13.4. The van der Waals surface area contributed by atoms with E-state index in [0.717, 1.165) is 11.8 Å². The van der Waals surface area contributed by atoms with Gasteiger partial charge in [0.15, 0.2) is 0 Å². The number of hydrogen-bond acceptors (Lipinski definition) is 0. The molecule has 1 N–H and O–H groups in total. The molecule has 1 aromatic carbocycles. The molecule has 2 rings (SSSR count). The Morgan fingerprint density at radius 3 is 2.25 bits per heavy atom. The van der Waals surface area contributed by atoms with Crippen molar-refractivity contribution in [1.29, 1.82) is 0 Å². The van der Waals surface area contributed by atoms with Crippen molar-refractivity contribution < 1.29 is 4.90 Å². The van der Waals surface area contributed by atoms with E-state index in [1.54, 1.807) is 10.5 Å². The fourth-order valence-corrected chi connectivity index (χ4v) is 3.87. The molecule has 0 amide bonds. The molecule has 1 aliphatic carbocycles. The van der Waals surface area contributed by atoms with Crippen LogP contribution in [0.3, 0.4) is 0 Å². The van der Waals surface area contributed by atoms with Crippen molar-refractivity contribution in [3.8, 4) is 0 Å². The third-order valence-electron chi connectivity index (χ3n) is 5.26. The normalized spacial score (nSPS) is 18.4. The van der Waals surface area contributed by atoms with Gasteiger partial charge in [0.25, 0.3) is 0 Å². The van der Waals surface area contributed by atoms with Crippen molar-refractivity contribution >= 4 is 0 Å². The Labute approximate surface area is 125 Å². The Bertz CT molecular complexity index is 349. The predicted octanol–water partition coefficient (Wildman–Crippen LogP) is 3.67. The van der Waals surface area contributed by atoms with Gasteiger partial charge in [0.2, 0.25) is 0 Å². The average molecular weight is 274 g/mol. The summed E-state index contributed by atoms with van der Waals surface area (Å²) in [7, 11) is 0. The smallest absolute Gasteiger partial charge is 0.0776 e. The van der Waals surface area contributed by atoms with E-state index in [4.69, 9.17) is 0 Å². The summed E-state index contributed by atoms with van der Waals surface area (Å²) in [6.45, 7) is 8.50. The van der Waals surface area contributed by atoms with Crippen LogP contribution in [0.5, 0.6) is 0 Å². The van der Waals surface area contributed by atoms with E-state index < -0.39 is 0 Å². The van der Waals surface area contributed by atoms with Crippen molar-refractivity contribution in [2.24, 2.45) is 5.92 Å². The lowest BCUT2D eigenvalue weighted by molar-refractivity contribution is -0.896. The first kappa shape index (κ1) is 15.6. The molecular formula is C19H32N+. The van der Waals surface area contributed by atoms with Gasteiger partial charge < -0.3 is 4.90 Å². The maximum absolute atomic E-state index is 2.36. The van der Waals surface area contributed by atoms with Gasteiger partial charge in [0.05, 0.1) is 19.6 Å². The lowest BCUT2D eigenvalue weighted by Gasteiger charge is -2.31. The average Bonchev–Trinajstić information content (AvgIpc) is 2.53. The largest absolute Gasteiger partial charge is 0.335 e. The van der Waals surface area contributed by atoms with Crippen molar-refractivity contribution in [3.05, 3.63) is 35.9 Å². The highest BCUT2D eigenvalue weighted by atomic mass is 15.1. The second-order valence-electron chi connectivity index (χ2n) is 6.41. The van der Waals surface area contributed by atoms with Gasteiger partial charge in [-0.1, -0.05) is 49.6 Å². The molecule has 1 fully saturated rings. The molecule has 1 aliphatic rings. The molecule has 0 spiro atoms. The number of quaternary nitrogens is 1. The number of benzene rings is 1. The first-order chi connectivity index (χ1) is 9.85. The zero-order chi connectivity index (χ0) is 14.2. The predicted molar refractivity (Wildman–Crippen MR) is 87.3 cm³/mol. The lowest BCUT2D eigenvalue weighted by Crippen LogP contribution is -3.11. The summed E-state index contributed by atoms with van der Waals surface area (Å²) in [4.78, 5) is 1.75. The highest BCUT2D eigenvalue weighted by molar-refractivity contribution is 5.20. The summed E-state index contributed by atoms with van der Waals surface area (Å²) < 4.78 is 0. The quantitative estimate of drug-likeness (QED) is 0.774. The Morgan fingerprint density at radius 2 is 1.65 bits per heavy atom. The first-order valence-electron chi connectivity index (χ1n) is 8.73. The van der Waals surface area contributed by atoms with Crippen LogP contribution in [0.1, 0.15) is 63.9 Å². The molecular weight excluding hydrogens is 242 g/mol. The van der Waals surface area contributed by atoms with Crippen LogP contribution in [0, 0.1) is 5.92 Å². The van der Waals surface area contributed by atoms with E-state index in [0.29, 0.717) is 0 Å². The van der Waals surface area contributed by atoms with Crippen molar-refractivity contribution in [3.63, 3.8) is 0 Å². The topological polar surface area (TPSA) is 4.44 Å². The third-order valence-corrected chi connectivity index (χ3v) is 5.26.